The highest BCUT2D eigenvalue weighted by atomic mass is 16.1. The molecule has 1 aromatic heterocycles. The van der Waals surface area contributed by atoms with Crippen LogP contribution in [0.25, 0.3) is 10.9 Å². The van der Waals surface area contributed by atoms with Crippen molar-refractivity contribution in [3.63, 3.8) is 0 Å². The second-order valence-corrected chi connectivity index (χ2v) is 5.36. The first-order valence-electron chi connectivity index (χ1n) is 7.37. The minimum Gasteiger partial charge on any atom is -0.324 e. The van der Waals surface area contributed by atoms with Crippen LogP contribution in [-0.4, -0.2) is 10.9 Å². The maximum atomic E-state index is 11.3. The van der Waals surface area contributed by atoms with E-state index in [1.165, 1.54) is 12.5 Å². The van der Waals surface area contributed by atoms with Crippen molar-refractivity contribution in [3.05, 3.63) is 71.4 Å². The maximum absolute atomic E-state index is 11.3. The number of benzene rings is 2. The van der Waals surface area contributed by atoms with E-state index in [4.69, 9.17) is 0 Å². The fourth-order valence-corrected chi connectivity index (χ4v) is 2.35. The molecule has 112 valence electrons. The Kier molecular flexibility index (Phi) is 4.07. The lowest BCUT2D eigenvalue weighted by molar-refractivity contribution is -0.114. The molecule has 3 heteroatoms. The van der Waals surface area contributed by atoms with Gasteiger partial charge in [0.15, 0.2) is 0 Å². The zero-order valence-electron chi connectivity index (χ0n) is 13.1. The number of hydrogen-bond donors (Lipinski definition) is 1. The molecule has 1 N–H and O–H groups in total. The molecule has 0 fully saturated rings. The Morgan fingerprint density at radius 3 is 2.57 bits per heavy atom. The summed E-state index contributed by atoms with van der Waals surface area (Å²) in [4.78, 5) is 15.7. The minimum absolute atomic E-state index is 0.115. The number of pyridine rings is 1. The van der Waals surface area contributed by atoms with Gasteiger partial charge in [-0.25, -0.2) is 0 Å². The van der Waals surface area contributed by atoms with E-state index in [1.54, 1.807) is 6.20 Å². The van der Waals surface area contributed by atoms with Crippen LogP contribution in [-0.2, 0) is 4.79 Å². The van der Waals surface area contributed by atoms with Gasteiger partial charge < -0.3 is 5.32 Å². The highest BCUT2D eigenvalue weighted by Crippen LogP contribution is 2.24. The molecule has 3 aromatic rings. The first-order chi connectivity index (χ1) is 11.1. The molecule has 23 heavy (non-hydrogen) atoms. The first-order valence-corrected chi connectivity index (χ1v) is 7.37. The van der Waals surface area contributed by atoms with Crippen molar-refractivity contribution in [1.29, 1.82) is 0 Å². The normalized spacial score (nSPS) is 10.0. The fraction of sp³-hybridized carbons (Fsp3) is 0.100. The summed E-state index contributed by atoms with van der Waals surface area (Å²) < 4.78 is 0. The highest BCUT2D eigenvalue weighted by molar-refractivity contribution is 6.01. The molecule has 0 radical (unpaired) electrons. The summed E-state index contributed by atoms with van der Waals surface area (Å²) in [5.74, 6) is 6.26. The van der Waals surface area contributed by atoms with Gasteiger partial charge in [-0.1, -0.05) is 29.5 Å². The summed E-state index contributed by atoms with van der Waals surface area (Å²) in [7, 11) is 0. The Balaban J connectivity index is 2.06. The number of nitrogens with zero attached hydrogens (tertiary/aromatic N) is 1. The molecule has 0 bridgehead atoms. The van der Waals surface area contributed by atoms with Crippen molar-refractivity contribution in [1.82, 2.24) is 4.98 Å². The first kappa shape index (κ1) is 14.8. The SMILES string of the molecule is CC(=O)Nc1ccc(C#Cc2ccc(C)cc2)c2cccnc12. The van der Waals surface area contributed by atoms with E-state index in [2.05, 4.69) is 29.1 Å². The van der Waals surface area contributed by atoms with Crippen LogP contribution in [0.1, 0.15) is 23.6 Å². The molecule has 1 amide bonds. The third-order valence-corrected chi connectivity index (χ3v) is 3.47. The quantitative estimate of drug-likeness (QED) is 0.692. The molecule has 0 spiro atoms. The zero-order valence-corrected chi connectivity index (χ0v) is 13.1. The van der Waals surface area contributed by atoms with Crippen LogP contribution >= 0.6 is 0 Å². The largest absolute Gasteiger partial charge is 0.324 e. The van der Waals surface area contributed by atoms with Crippen molar-refractivity contribution >= 4 is 22.5 Å². The Hall–Kier alpha value is -3.12. The van der Waals surface area contributed by atoms with Crippen LogP contribution in [0.15, 0.2) is 54.7 Å². The smallest absolute Gasteiger partial charge is 0.221 e. The molecule has 0 saturated heterocycles. The van der Waals surface area contributed by atoms with Gasteiger partial charge in [0, 0.05) is 29.6 Å². The molecular formula is C20H16N2O. The lowest BCUT2D eigenvalue weighted by atomic mass is 10.1. The van der Waals surface area contributed by atoms with Gasteiger partial charge >= 0.3 is 0 Å². The average Bonchev–Trinajstić information content (AvgIpc) is 2.55. The Bertz CT molecular complexity index is 931. The van der Waals surface area contributed by atoms with E-state index < -0.39 is 0 Å². The van der Waals surface area contributed by atoms with Crippen molar-refractivity contribution in [3.8, 4) is 11.8 Å². The summed E-state index contributed by atoms with van der Waals surface area (Å²) in [6, 6.07) is 15.7. The van der Waals surface area contributed by atoms with Crippen LogP contribution < -0.4 is 5.32 Å². The monoisotopic (exact) mass is 300 g/mol. The van der Waals surface area contributed by atoms with E-state index >= 15 is 0 Å². The van der Waals surface area contributed by atoms with Gasteiger partial charge in [0.05, 0.1) is 11.2 Å². The van der Waals surface area contributed by atoms with E-state index in [0.29, 0.717) is 5.69 Å². The predicted octanol–water partition coefficient (Wildman–Crippen LogP) is 3.90. The second kappa shape index (κ2) is 6.33. The van der Waals surface area contributed by atoms with Crippen molar-refractivity contribution < 1.29 is 4.79 Å². The molecule has 0 unspecified atom stereocenters. The van der Waals surface area contributed by atoms with Crippen LogP contribution in [0.5, 0.6) is 0 Å². The number of carbonyl (C=O) groups is 1. The Morgan fingerprint density at radius 2 is 1.83 bits per heavy atom. The number of anilines is 1. The number of aromatic nitrogens is 1. The van der Waals surface area contributed by atoms with Gasteiger partial charge in [-0.05, 0) is 43.3 Å². The van der Waals surface area contributed by atoms with Gasteiger partial charge in [0.1, 0.15) is 0 Å². The lowest BCUT2D eigenvalue weighted by Gasteiger charge is -2.07. The average molecular weight is 300 g/mol. The van der Waals surface area contributed by atoms with Crippen molar-refractivity contribution in [2.24, 2.45) is 0 Å². The zero-order chi connectivity index (χ0) is 16.2. The second-order valence-electron chi connectivity index (χ2n) is 5.36. The highest BCUT2D eigenvalue weighted by Gasteiger charge is 2.06. The molecule has 0 aliphatic carbocycles. The molecule has 0 atom stereocenters. The topological polar surface area (TPSA) is 42.0 Å². The van der Waals surface area contributed by atoms with Gasteiger partial charge in [-0.2, -0.15) is 0 Å². The van der Waals surface area contributed by atoms with Gasteiger partial charge in [-0.3, -0.25) is 9.78 Å². The van der Waals surface area contributed by atoms with Gasteiger partial charge in [0.2, 0.25) is 5.91 Å². The Labute approximate surface area is 135 Å². The van der Waals surface area contributed by atoms with E-state index in [0.717, 1.165) is 22.0 Å². The van der Waals surface area contributed by atoms with Crippen LogP contribution in [0.4, 0.5) is 5.69 Å². The Morgan fingerprint density at radius 1 is 1.04 bits per heavy atom. The number of amides is 1. The number of nitrogens with one attached hydrogen (secondary N) is 1. The van der Waals surface area contributed by atoms with E-state index in [9.17, 15) is 4.79 Å². The number of rotatable bonds is 1. The van der Waals surface area contributed by atoms with Crippen molar-refractivity contribution in [2.45, 2.75) is 13.8 Å². The summed E-state index contributed by atoms with van der Waals surface area (Å²) in [5.41, 5.74) is 4.53. The van der Waals surface area contributed by atoms with Gasteiger partial charge in [-0.15, -0.1) is 0 Å². The van der Waals surface area contributed by atoms with Crippen molar-refractivity contribution in [2.75, 3.05) is 5.32 Å². The summed E-state index contributed by atoms with van der Waals surface area (Å²) >= 11 is 0. The summed E-state index contributed by atoms with van der Waals surface area (Å²) in [6.07, 6.45) is 1.71. The number of hydrogen-bond acceptors (Lipinski definition) is 2. The van der Waals surface area contributed by atoms with Crippen LogP contribution in [0.3, 0.4) is 0 Å². The lowest BCUT2D eigenvalue weighted by Crippen LogP contribution is -2.06. The molecule has 3 rings (SSSR count). The van der Waals surface area contributed by atoms with E-state index in [-0.39, 0.29) is 5.91 Å². The van der Waals surface area contributed by atoms with Crippen LogP contribution in [0, 0.1) is 18.8 Å². The molecular weight excluding hydrogens is 284 g/mol. The third-order valence-electron chi connectivity index (χ3n) is 3.47. The summed E-state index contributed by atoms with van der Waals surface area (Å²) in [5, 5.41) is 3.73. The maximum Gasteiger partial charge on any atom is 0.221 e. The van der Waals surface area contributed by atoms with Gasteiger partial charge in [0.25, 0.3) is 0 Å². The van der Waals surface area contributed by atoms with E-state index in [1.807, 2.05) is 48.5 Å². The number of carbonyl (C=O) groups excluding carboxylic acids is 1. The molecule has 0 aliphatic rings. The molecule has 2 aromatic carbocycles. The molecule has 3 nitrogen and oxygen atoms in total. The standard InChI is InChI=1S/C20H16N2O/c1-14-5-7-16(8-6-14)9-10-17-11-12-19(22-15(2)23)20-18(17)4-3-13-21-20/h3-8,11-13H,1-2H3,(H,22,23). The predicted molar refractivity (Wildman–Crippen MR) is 93.2 cm³/mol. The fourth-order valence-electron chi connectivity index (χ4n) is 2.35. The van der Waals surface area contributed by atoms with Crippen LogP contribution in [0.2, 0.25) is 0 Å². The number of fused-ring (bicyclic) bond motifs is 1. The molecule has 0 saturated carbocycles. The summed E-state index contributed by atoms with van der Waals surface area (Å²) in [6.45, 7) is 3.54. The molecule has 0 aliphatic heterocycles. The minimum atomic E-state index is -0.115. The molecule has 1 heterocycles. The number of aryl methyl sites for hydroxylation is 1. The third kappa shape index (κ3) is 3.38.